The van der Waals surface area contributed by atoms with Crippen LogP contribution < -0.4 is 10.6 Å². The fourth-order valence-corrected chi connectivity index (χ4v) is 4.27. The van der Waals surface area contributed by atoms with Crippen molar-refractivity contribution < 1.29 is 23.2 Å². The van der Waals surface area contributed by atoms with Gasteiger partial charge >= 0.3 is 6.09 Å². The van der Waals surface area contributed by atoms with E-state index in [0.29, 0.717) is 28.5 Å². The Hall–Kier alpha value is -3.75. The van der Waals surface area contributed by atoms with Gasteiger partial charge in [-0.1, -0.05) is 42.6 Å². The van der Waals surface area contributed by atoms with Crippen LogP contribution in [0.25, 0.3) is 11.5 Å². The molecule has 184 valence electrons. The van der Waals surface area contributed by atoms with Gasteiger partial charge in [0, 0.05) is 11.5 Å². The fourth-order valence-electron chi connectivity index (χ4n) is 4.27. The quantitative estimate of drug-likeness (QED) is 0.427. The van der Waals surface area contributed by atoms with Crippen LogP contribution >= 0.6 is 0 Å². The van der Waals surface area contributed by atoms with E-state index in [0.717, 1.165) is 25.7 Å². The van der Waals surface area contributed by atoms with E-state index in [-0.39, 0.29) is 23.1 Å². The zero-order valence-electron chi connectivity index (χ0n) is 20.1. The van der Waals surface area contributed by atoms with Crippen LogP contribution in [0.2, 0.25) is 0 Å². The molecule has 2 heterocycles. The Morgan fingerprint density at radius 1 is 1.06 bits per heavy atom. The molecule has 1 aromatic carbocycles. The fraction of sp³-hybridized carbons (Fsp3) is 0.385. The van der Waals surface area contributed by atoms with Gasteiger partial charge in [0.1, 0.15) is 29.0 Å². The molecule has 0 bridgehead atoms. The average Bonchev–Trinajstić information content (AvgIpc) is 3.20. The molecular formula is C26H29FN4O4. The van der Waals surface area contributed by atoms with Crippen LogP contribution in [0.5, 0.6) is 0 Å². The molecule has 1 aliphatic rings. The van der Waals surface area contributed by atoms with Crippen molar-refractivity contribution >= 4 is 23.4 Å². The van der Waals surface area contributed by atoms with Crippen molar-refractivity contribution in [1.82, 2.24) is 10.1 Å². The maximum Gasteiger partial charge on any atom is 0.412 e. The lowest BCUT2D eigenvalue weighted by Gasteiger charge is -2.21. The lowest BCUT2D eigenvalue weighted by atomic mass is 9.88. The number of carbonyl (C=O) groups is 2. The summed E-state index contributed by atoms with van der Waals surface area (Å²) in [6.07, 6.45) is 3.59. The third kappa shape index (κ3) is 5.67. The monoisotopic (exact) mass is 480 g/mol. The van der Waals surface area contributed by atoms with Crippen molar-refractivity contribution in [2.45, 2.75) is 59.0 Å². The van der Waals surface area contributed by atoms with Crippen LogP contribution in [0.4, 0.5) is 20.6 Å². The Labute approximate surface area is 203 Å². The Morgan fingerprint density at radius 2 is 1.80 bits per heavy atom. The topological polar surface area (TPSA) is 106 Å². The molecule has 1 saturated carbocycles. The number of hydrogen-bond donors (Lipinski definition) is 2. The predicted molar refractivity (Wildman–Crippen MR) is 129 cm³/mol. The number of rotatable bonds is 6. The summed E-state index contributed by atoms with van der Waals surface area (Å²) in [7, 11) is 0. The van der Waals surface area contributed by atoms with E-state index in [9.17, 15) is 14.0 Å². The highest BCUT2D eigenvalue weighted by molar-refractivity contribution is 5.94. The second kappa shape index (κ2) is 10.7. The lowest BCUT2D eigenvalue weighted by molar-refractivity contribution is -0.120. The Kier molecular flexibility index (Phi) is 7.43. The first-order valence-corrected chi connectivity index (χ1v) is 11.8. The van der Waals surface area contributed by atoms with Gasteiger partial charge in [-0.05, 0) is 51.8 Å². The molecule has 2 aromatic heterocycles. The first-order chi connectivity index (χ1) is 16.8. The molecule has 8 nitrogen and oxygen atoms in total. The largest absolute Gasteiger partial charge is 0.441 e. The van der Waals surface area contributed by atoms with Crippen molar-refractivity contribution in [3.63, 3.8) is 0 Å². The standard InChI is InChI=1S/C26H29FN4O4/c1-15-21(29-25(32)18-9-5-4-6-10-18)13-14-22(28-15)24-23(16(2)31-35-24)30-26(33)34-17(3)19-11-7-8-12-20(19)27/h7-8,11-14,17-18H,4-6,9-10H2,1-3H3,(H,29,32)(H,30,33)/t17-/m0/s1. The second-order valence-electron chi connectivity index (χ2n) is 8.82. The number of halogens is 1. The number of hydrogen-bond acceptors (Lipinski definition) is 6. The number of benzene rings is 1. The molecule has 0 spiro atoms. The molecule has 0 unspecified atom stereocenters. The SMILES string of the molecule is Cc1nc(-c2onc(C)c2NC(=O)O[C@@H](C)c2ccccc2F)ccc1NC(=O)C1CCCCC1. The summed E-state index contributed by atoms with van der Waals surface area (Å²) in [6, 6.07) is 9.57. The molecule has 4 rings (SSSR count). The lowest BCUT2D eigenvalue weighted by Crippen LogP contribution is -2.25. The maximum absolute atomic E-state index is 14.0. The van der Waals surface area contributed by atoms with Gasteiger partial charge in [0.15, 0.2) is 0 Å². The summed E-state index contributed by atoms with van der Waals surface area (Å²) >= 11 is 0. The highest BCUT2D eigenvalue weighted by Gasteiger charge is 2.24. The molecule has 0 saturated heterocycles. The van der Waals surface area contributed by atoms with Gasteiger partial charge in [-0.15, -0.1) is 0 Å². The summed E-state index contributed by atoms with van der Waals surface area (Å²) in [4.78, 5) is 29.7. The number of aromatic nitrogens is 2. The minimum atomic E-state index is -0.799. The molecule has 0 aliphatic heterocycles. The van der Waals surface area contributed by atoms with Crippen LogP contribution in [0.3, 0.4) is 0 Å². The first-order valence-electron chi connectivity index (χ1n) is 11.8. The molecule has 1 atom stereocenters. The number of ether oxygens (including phenoxy) is 1. The smallest absolute Gasteiger partial charge is 0.412 e. The van der Waals surface area contributed by atoms with E-state index in [1.165, 1.54) is 12.5 Å². The number of anilines is 2. The Bertz CT molecular complexity index is 1220. The maximum atomic E-state index is 14.0. The molecular weight excluding hydrogens is 451 g/mol. The predicted octanol–water partition coefficient (Wildman–Crippen LogP) is 6.32. The van der Waals surface area contributed by atoms with Crippen LogP contribution in [-0.4, -0.2) is 22.1 Å². The molecule has 1 fully saturated rings. The van der Waals surface area contributed by atoms with Crippen molar-refractivity contribution in [3.05, 3.63) is 59.2 Å². The van der Waals surface area contributed by atoms with Gasteiger partial charge in [0.25, 0.3) is 0 Å². The second-order valence-corrected chi connectivity index (χ2v) is 8.82. The average molecular weight is 481 g/mol. The molecule has 3 aromatic rings. The van der Waals surface area contributed by atoms with Crippen molar-refractivity contribution in [1.29, 1.82) is 0 Å². The zero-order valence-corrected chi connectivity index (χ0v) is 20.1. The highest BCUT2D eigenvalue weighted by Crippen LogP contribution is 2.32. The molecule has 9 heteroatoms. The summed E-state index contributed by atoms with van der Waals surface area (Å²) in [6.45, 7) is 5.06. The Balaban J connectivity index is 1.46. The number of nitrogens with zero attached hydrogens (tertiary/aromatic N) is 2. The highest BCUT2D eigenvalue weighted by atomic mass is 19.1. The van der Waals surface area contributed by atoms with Crippen LogP contribution in [-0.2, 0) is 9.53 Å². The van der Waals surface area contributed by atoms with E-state index in [4.69, 9.17) is 9.26 Å². The van der Waals surface area contributed by atoms with Gasteiger partial charge in [-0.3, -0.25) is 10.1 Å². The van der Waals surface area contributed by atoms with Crippen molar-refractivity contribution in [3.8, 4) is 11.5 Å². The van der Waals surface area contributed by atoms with Gasteiger partial charge in [-0.2, -0.15) is 0 Å². The number of carbonyl (C=O) groups excluding carboxylic acids is 2. The third-order valence-corrected chi connectivity index (χ3v) is 6.27. The number of amides is 2. The number of pyridine rings is 1. The minimum absolute atomic E-state index is 0.0203. The summed E-state index contributed by atoms with van der Waals surface area (Å²) in [5.41, 5.74) is 2.70. The van der Waals surface area contributed by atoms with E-state index in [1.807, 2.05) is 0 Å². The van der Waals surface area contributed by atoms with Crippen LogP contribution in [0.15, 0.2) is 40.9 Å². The summed E-state index contributed by atoms with van der Waals surface area (Å²) < 4.78 is 24.8. The molecule has 1 aliphatic carbocycles. The van der Waals surface area contributed by atoms with Gasteiger partial charge in [-0.25, -0.2) is 14.2 Å². The van der Waals surface area contributed by atoms with Crippen LogP contribution in [0, 0.1) is 25.6 Å². The van der Waals surface area contributed by atoms with Gasteiger partial charge in [0.2, 0.25) is 11.7 Å². The molecule has 2 amide bonds. The van der Waals surface area contributed by atoms with E-state index < -0.39 is 18.0 Å². The van der Waals surface area contributed by atoms with E-state index >= 15 is 0 Å². The summed E-state index contributed by atoms with van der Waals surface area (Å²) in [5, 5.41) is 9.57. The Morgan fingerprint density at radius 3 is 2.51 bits per heavy atom. The third-order valence-electron chi connectivity index (χ3n) is 6.27. The first kappa shape index (κ1) is 24.4. The number of aryl methyl sites for hydroxylation is 2. The van der Waals surface area contributed by atoms with E-state index in [2.05, 4.69) is 20.8 Å². The zero-order chi connectivity index (χ0) is 24.9. The van der Waals surface area contributed by atoms with E-state index in [1.54, 1.807) is 51.1 Å². The van der Waals surface area contributed by atoms with Crippen molar-refractivity contribution in [2.75, 3.05) is 10.6 Å². The van der Waals surface area contributed by atoms with Crippen molar-refractivity contribution in [2.24, 2.45) is 5.92 Å². The van der Waals surface area contributed by atoms with Crippen LogP contribution in [0.1, 0.15) is 62.1 Å². The minimum Gasteiger partial charge on any atom is -0.441 e. The van der Waals surface area contributed by atoms with Gasteiger partial charge < -0.3 is 14.6 Å². The number of nitrogens with one attached hydrogen (secondary N) is 2. The molecule has 0 radical (unpaired) electrons. The normalized spacial score (nSPS) is 14.9. The molecule has 35 heavy (non-hydrogen) atoms. The van der Waals surface area contributed by atoms with Gasteiger partial charge in [0.05, 0.1) is 11.4 Å². The summed E-state index contributed by atoms with van der Waals surface area (Å²) in [5.74, 6) is -0.142. The molecule has 2 N–H and O–H groups in total.